The van der Waals surface area contributed by atoms with Crippen LogP contribution in [0.4, 0.5) is 0 Å². The van der Waals surface area contributed by atoms with E-state index in [1.807, 2.05) is 6.92 Å². The Balaban J connectivity index is 2.12. The summed E-state index contributed by atoms with van der Waals surface area (Å²) < 4.78 is 27.8. The molecular weight excluding hydrogens is 178 g/mol. The number of hydrogen-bond donors (Lipinski definition) is 1. The Kier molecular flexibility index (Phi) is 1.89. The molecule has 0 bridgehead atoms. The van der Waals surface area contributed by atoms with Crippen molar-refractivity contribution in [1.29, 1.82) is 0 Å². The van der Waals surface area contributed by atoms with E-state index in [2.05, 4.69) is 5.32 Å². The molecule has 0 spiro atoms. The molecule has 2 heterocycles. The summed E-state index contributed by atoms with van der Waals surface area (Å²) in [5, 5.41) is 3.23. The van der Waals surface area contributed by atoms with E-state index in [0.29, 0.717) is 6.61 Å². The summed E-state index contributed by atoms with van der Waals surface area (Å²) in [7, 11) is -2.84. The van der Waals surface area contributed by atoms with Crippen LogP contribution in [0.15, 0.2) is 0 Å². The van der Waals surface area contributed by atoms with Crippen LogP contribution in [-0.4, -0.2) is 44.7 Å². The molecular formula is C7H13NO3S. The van der Waals surface area contributed by atoms with Gasteiger partial charge in [-0.1, -0.05) is 0 Å². The maximum absolute atomic E-state index is 11.2. The zero-order chi connectivity index (χ0) is 8.77. The maximum atomic E-state index is 11.2. The Morgan fingerprint density at radius 2 is 2.17 bits per heavy atom. The van der Waals surface area contributed by atoms with Gasteiger partial charge in [-0.2, -0.15) is 0 Å². The molecule has 3 unspecified atom stereocenters. The quantitative estimate of drug-likeness (QED) is 0.542. The van der Waals surface area contributed by atoms with Gasteiger partial charge in [0.2, 0.25) is 0 Å². The molecule has 5 heteroatoms. The summed E-state index contributed by atoms with van der Waals surface area (Å²) in [5.74, 6) is 0.430. The molecule has 0 saturated carbocycles. The summed E-state index contributed by atoms with van der Waals surface area (Å²) in [4.78, 5) is 0. The molecule has 0 amide bonds. The Morgan fingerprint density at radius 3 is 2.92 bits per heavy atom. The van der Waals surface area contributed by atoms with E-state index in [-0.39, 0.29) is 29.7 Å². The molecule has 0 aromatic heterocycles. The molecule has 4 nitrogen and oxygen atoms in total. The highest BCUT2D eigenvalue weighted by Crippen LogP contribution is 2.19. The fourth-order valence-corrected chi connectivity index (χ4v) is 3.64. The number of morpholine rings is 1. The van der Waals surface area contributed by atoms with Crippen molar-refractivity contribution in [2.45, 2.75) is 25.1 Å². The lowest BCUT2D eigenvalue weighted by Gasteiger charge is -2.30. The van der Waals surface area contributed by atoms with E-state index in [1.165, 1.54) is 0 Å². The molecule has 1 N–H and O–H groups in total. The van der Waals surface area contributed by atoms with Gasteiger partial charge < -0.3 is 10.1 Å². The SMILES string of the molecule is CC1COC2CS(=O)(=O)CC2N1. The van der Waals surface area contributed by atoms with E-state index >= 15 is 0 Å². The molecule has 12 heavy (non-hydrogen) atoms. The molecule has 3 atom stereocenters. The second-order valence-electron chi connectivity index (χ2n) is 3.62. The van der Waals surface area contributed by atoms with Crippen LogP contribution in [0.1, 0.15) is 6.92 Å². The number of fused-ring (bicyclic) bond motifs is 1. The summed E-state index contributed by atoms with van der Waals surface area (Å²) in [5.41, 5.74) is 0. The Hall–Kier alpha value is -0.130. The van der Waals surface area contributed by atoms with Gasteiger partial charge in [-0.05, 0) is 6.92 Å². The minimum atomic E-state index is -2.84. The molecule has 70 valence electrons. The minimum Gasteiger partial charge on any atom is -0.374 e. The fraction of sp³-hybridized carbons (Fsp3) is 1.00. The molecule has 2 fully saturated rings. The largest absolute Gasteiger partial charge is 0.374 e. The van der Waals surface area contributed by atoms with E-state index in [9.17, 15) is 8.42 Å². The highest BCUT2D eigenvalue weighted by molar-refractivity contribution is 7.91. The second kappa shape index (κ2) is 2.68. The van der Waals surface area contributed by atoms with Gasteiger partial charge in [-0.15, -0.1) is 0 Å². The topological polar surface area (TPSA) is 55.4 Å². The van der Waals surface area contributed by atoms with Crippen LogP contribution in [0.3, 0.4) is 0 Å². The molecule has 0 aromatic carbocycles. The minimum absolute atomic E-state index is 0.0266. The molecule has 0 aromatic rings. The van der Waals surface area contributed by atoms with Gasteiger partial charge in [0.05, 0.1) is 24.2 Å². The first kappa shape index (κ1) is 8.47. The molecule has 2 aliphatic rings. The summed E-state index contributed by atoms with van der Waals surface area (Å²) >= 11 is 0. The number of sulfone groups is 1. The van der Waals surface area contributed by atoms with Gasteiger partial charge in [0, 0.05) is 12.1 Å². The lowest BCUT2D eigenvalue weighted by Crippen LogP contribution is -2.52. The zero-order valence-corrected chi connectivity index (χ0v) is 7.80. The molecule has 0 aliphatic carbocycles. The van der Waals surface area contributed by atoms with Crippen LogP contribution < -0.4 is 5.32 Å². The third kappa shape index (κ3) is 1.48. The highest BCUT2D eigenvalue weighted by Gasteiger charge is 2.41. The van der Waals surface area contributed by atoms with E-state index < -0.39 is 9.84 Å². The Bertz CT molecular complexity index is 274. The maximum Gasteiger partial charge on any atom is 0.154 e. The van der Waals surface area contributed by atoms with Crippen LogP contribution in [0, 0.1) is 0 Å². The van der Waals surface area contributed by atoms with Crippen LogP contribution >= 0.6 is 0 Å². The summed E-state index contributed by atoms with van der Waals surface area (Å²) in [6, 6.07) is 0.304. The predicted octanol–water partition coefficient (Wildman–Crippen LogP) is -0.840. The number of ether oxygens (including phenoxy) is 1. The first-order valence-electron chi connectivity index (χ1n) is 4.15. The van der Waals surface area contributed by atoms with Gasteiger partial charge >= 0.3 is 0 Å². The normalized spacial score (nSPS) is 45.6. The van der Waals surface area contributed by atoms with Crippen molar-refractivity contribution in [3.8, 4) is 0 Å². The average Bonchev–Trinajstić information content (AvgIpc) is 2.21. The zero-order valence-electron chi connectivity index (χ0n) is 6.99. The number of hydrogen-bond acceptors (Lipinski definition) is 4. The van der Waals surface area contributed by atoms with Crippen LogP contribution in [0.2, 0.25) is 0 Å². The van der Waals surface area contributed by atoms with Crippen molar-refractivity contribution in [2.75, 3.05) is 18.1 Å². The molecule has 2 saturated heterocycles. The summed E-state index contributed by atoms with van der Waals surface area (Å²) in [6.07, 6.45) is -0.105. The van der Waals surface area contributed by atoms with E-state index in [0.717, 1.165) is 0 Å². The van der Waals surface area contributed by atoms with E-state index in [4.69, 9.17) is 4.74 Å². The van der Waals surface area contributed by atoms with Crippen LogP contribution in [0.25, 0.3) is 0 Å². The molecule has 2 rings (SSSR count). The number of rotatable bonds is 0. The van der Waals surface area contributed by atoms with Crippen molar-refractivity contribution in [1.82, 2.24) is 5.32 Å². The van der Waals surface area contributed by atoms with Crippen molar-refractivity contribution in [2.24, 2.45) is 0 Å². The van der Waals surface area contributed by atoms with Gasteiger partial charge in [0.15, 0.2) is 9.84 Å². The third-order valence-corrected chi connectivity index (χ3v) is 4.06. The monoisotopic (exact) mass is 191 g/mol. The Morgan fingerprint density at radius 1 is 1.42 bits per heavy atom. The van der Waals surface area contributed by atoms with Gasteiger partial charge in [-0.25, -0.2) is 8.42 Å². The predicted molar refractivity (Wildman–Crippen MR) is 44.8 cm³/mol. The number of nitrogens with one attached hydrogen (secondary N) is 1. The van der Waals surface area contributed by atoms with Crippen molar-refractivity contribution in [3.63, 3.8) is 0 Å². The smallest absolute Gasteiger partial charge is 0.154 e. The fourth-order valence-electron chi connectivity index (χ4n) is 1.82. The average molecular weight is 191 g/mol. The van der Waals surface area contributed by atoms with Crippen LogP contribution in [-0.2, 0) is 14.6 Å². The first-order chi connectivity index (χ1) is 5.57. The molecule has 0 radical (unpaired) electrons. The molecule has 2 aliphatic heterocycles. The second-order valence-corrected chi connectivity index (χ2v) is 5.78. The first-order valence-corrected chi connectivity index (χ1v) is 5.97. The van der Waals surface area contributed by atoms with Crippen molar-refractivity contribution >= 4 is 9.84 Å². The van der Waals surface area contributed by atoms with Crippen molar-refractivity contribution in [3.05, 3.63) is 0 Å². The summed E-state index contributed by atoms with van der Waals surface area (Å²) in [6.45, 7) is 2.62. The standard InChI is InChI=1S/C7H13NO3S/c1-5-2-11-7-4-12(9,10)3-6(7)8-5/h5-8H,2-4H2,1H3. The van der Waals surface area contributed by atoms with Gasteiger partial charge in [-0.3, -0.25) is 0 Å². The highest BCUT2D eigenvalue weighted by atomic mass is 32.2. The van der Waals surface area contributed by atoms with Crippen molar-refractivity contribution < 1.29 is 13.2 Å². The van der Waals surface area contributed by atoms with E-state index in [1.54, 1.807) is 0 Å². The lowest BCUT2D eigenvalue weighted by molar-refractivity contribution is 0.000751. The van der Waals surface area contributed by atoms with Gasteiger partial charge in [0.1, 0.15) is 0 Å². The third-order valence-electron chi connectivity index (χ3n) is 2.36. The van der Waals surface area contributed by atoms with Crippen LogP contribution in [0.5, 0.6) is 0 Å². The lowest BCUT2D eigenvalue weighted by atomic mass is 10.1. The Labute approximate surface area is 72.2 Å². The van der Waals surface area contributed by atoms with Gasteiger partial charge in [0.25, 0.3) is 0 Å².